The van der Waals surface area contributed by atoms with Crippen molar-refractivity contribution in [1.29, 1.82) is 0 Å². The lowest BCUT2D eigenvalue weighted by atomic mass is 10.2. The Morgan fingerprint density at radius 2 is 2.00 bits per heavy atom. The second-order valence-electron chi connectivity index (χ2n) is 4.96. The molecule has 0 aromatic heterocycles. The summed E-state index contributed by atoms with van der Waals surface area (Å²) in [4.78, 5) is 2.76. The molecule has 0 amide bonds. The van der Waals surface area contributed by atoms with Crippen LogP contribution in [0, 0.1) is 0 Å². The van der Waals surface area contributed by atoms with Crippen molar-refractivity contribution in [3.05, 3.63) is 0 Å². The summed E-state index contributed by atoms with van der Waals surface area (Å²) < 4.78 is 22.9. The van der Waals surface area contributed by atoms with Crippen LogP contribution in [0.5, 0.6) is 0 Å². The summed E-state index contributed by atoms with van der Waals surface area (Å²) in [6, 6.07) is 0.538. The van der Waals surface area contributed by atoms with E-state index in [2.05, 4.69) is 4.90 Å². The van der Waals surface area contributed by atoms with Crippen molar-refractivity contribution in [2.24, 2.45) is 5.73 Å². The summed E-state index contributed by atoms with van der Waals surface area (Å²) in [6.45, 7) is 3.09. The van der Waals surface area contributed by atoms with E-state index < -0.39 is 9.84 Å². The van der Waals surface area contributed by atoms with Crippen molar-refractivity contribution in [2.75, 3.05) is 24.6 Å². The zero-order valence-electron chi connectivity index (χ0n) is 11.1. The fourth-order valence-electron chi connectivity index (χ4n) is 2.49. The molecule has 6 heteroatoms. The van der Waals surface area contributed by atoms with Crippen molar-refractivity contribution in [2.45, 2.75) is 45.1 Å². The van der Waals surface area contributed by atoms with Crippen molar-refractivity contribution >= 4 is 27.0 Å². The number of nitrogens with zero attached hydrogens (tertiary/aromatic N) is 1. The largest absolute Gasteiger partial charge is 0.392 e. The van der Waals surface area contributed by atoms with E-state index in [1.54, 1.807) is 6.92 Å². The minimum absolute atomic E-state index is 0.228. The molecule has 106 valence electrons. The Labute approximate surface area is 116 Å². The first-order chi connectivity index (χ1) is 8.44. The van der Waals surface area contributed by atoms with Crippen molar-refractivity contribution in [3.8, 4) is 0 Å². The van der Waals surface area contributed by atoms with Crippen LogP contribution in [0.4, 0.5) is 0 Å². The van der Waals surface area contributed by atoms with Crippen LogP contribution in [0.2, 0.25) is 0 Å². The molecular formula is C12H24N2O2S2. The second kappa shape index (κ2) is 7.40. The van der Waals surface area contributed by atoms with Gasteiger partial charge in [-0.15, -0.1) is 0 Å². The van der Waals surface area contributed by atoms with E-state index in [1.165, 1.54) is 25.7 Å². The molecule has 0 aromatic rings. The van der Waals surface area contributed by atoms with E-state index in [9.17, 15) is 8.42 Å². The predicted octanol–water partition coefficient (Wildman–Crippen LogP) is 1.34. The van der Waals surface area contributed by atoms with Crippen molar-refractivity contribution in [1.82, 2.24) is 4.90 Å². The van der Waals surface area contributed by atoms with E-state index in [0.717, 1.165) is 6.54 Å². The van der Waals surface area contributed by atoms with E-state index >= 15 is 0 Å². The Kier molecular flexibility index (Phi) is 6.52. The summed E-state index contributed by atoms with van der Waals surface area (Å²) in [5.41, 5.74) is 5.62. The maximum Gasteiger partial charge on any atom is 0.150 e. The van der Waals surface area contributed by atoms with Crippen LogP contribution in [-0.2, 0) is 9.84 Å². The van der Waals surface area contributed by atoms with Gasteiger partial charge in [-0.1, -0.05) is 32.0 Å². The van der Waals surface area contributed by atoms with E-state index in [1.807, 2.05) is 0 Å². The van der Waals surface area contributed by atoms with Gasteiger partial charge >= 0.3 is 0 Å². The Balaban J connectivity index is 2.43. The molecule has 18 heavy (non-hydrogen) atoms. The highest BCUT2D eigenvalue weighted by Crippen LogP contribution is 2.23. The van der Waals surface area contributed by atoms with Gasteiger partial charge in [0.1, 0.15) is 9.84 Å². The summed E-state index contributed by atoms with van der Waals surface area (Å²) in [5.74, 6) is 0.496. The maximum atomic E-state index is 11.5. The normalized spacial score (nSPS) is 17.4. The first kappa shape index (κ1) is 15.9. The second-order valence-corrected chi connectivity index (χ2v) is 7.96. The summed E-state index contributed by atoms with van der Waals surface area (Å²) in [6.07, 6.45) is 5.55. The number of rotatable bonds is 8. The topological polar surface area (TPSA) is 63.4 Å². The number of hydrogen-bond donors (Lipinski definition) is 1. The molecule has 0 aliphatic heterocycles. The van der Waals surface area contributed by atoms with Crippen LogP contribution < -0.4 is 5.73 Å². The minimum Gasteiger partial charge on any atom is -0.392 e. The summed E-state index contributed by atoms with van der Waals surface area (Å²) in [5, 5.41) is 0. The Bertz CT molecular complexity index is 362. The highest BCUT2D eigenvalue weighted by atomic mass is 32.2. The maximum absolute atomic E-state index is 11.5. The first-order valence-electron chi connectivity index (χ1n) is 6.67. The third kappa shape index (κ3) is 5.63. The van der Waals surface area contributed by atoms with Gasteiger partial charge in [-0.3, -0.25) is 4.90 Å². The van der Waals surface area contributed by atoms with Crippen LogP contribution in [0.25, 0.3) is 0 Å². The number of nitrogens with two attached hydrogens (primary N) is 1. The molecule has 1 fully saturated rings. The molecule has 0 atom stereocenters. The molecule has 0 unspecified atom stereocenters. The van der Waals surface area contributed by atoms with Gasteiger partial charge < -0.3 is 5.73 Å². The molecule has 0 radical (unpaired) electrons. The van der Waals surface area contributed by atoms with Gasteiger partial charge in [0.05, 0.1) is 10.7 Å². The Morgan fingerprint density at radius 1 is 1.39 bits per heavy atom. The van der Waals surface area contributed by atoms with Crippen molar-refractivity contribution < 1.29 is 8.42 Å². The lowest BCUT2D eigenvalue weighted by Gasteiger charge is -2.28. The molecule has 1 saturated carbocycles. The standard InChI is InChI=1S/C12H24N2O2S2/c1-2-18(15,16)9-5-8-14(10-12(13)17)11-6-3-4-7-11/h11H,2-10H2,1H3,(H2,13,17). The van der Waals surface area contributed by atoms with Gasteiger partial charge in [-0.25, -0.2) is 8.42 Å². The zero-order chi connectivity index (χ0) is 13.6. The van der Waals surface area contributed by atoms with Crippen LogP contribution in [0.3, 0.4) is 0 Å². The highest BCUT2D eigenvalue weighted by molar-refractivity contribution is 7.91. The summed E-state index contributed by atoms with van der Waals surface area (Å²) >= 11 is 4.97. The van der Waals surface area contributed by atoms with Gasteiger partial charge in [0.15, 0.2) is 0 Å². The van der Waals surface area contributed by atoms with Gasteiger partial charge in [0, 0.05) is 18.3 Å². The molecule has 0 saturated heterocycles. The lowest BCUT2D eigenvalue weighted by molar-refractivity contribution is 0.228. The smallest absolute Gasteiger partial charge is 0.150 e. The highest BCUT2D eigenvalue weighted by Gasteiger charge is 2.23. The quantitative estimate of drug-likeness (QED) is 0.684. The molecule has 2 N–H and O–H groups in total. The van der Waals surface area contributed by atoms with Crippen LogP contribution in [0.1, 0.15) is 39.0 Å². The molecule has 0 spiro atoms. The average Bonchev–Trinajstić information content (AvgIpc) is 2.80. The van der Waals surface area contributed by atoms with E-state index in [-0.39, 0.29) is 11.5 Å². The molecule has 0 heterocycles. The monoisotopic (exact) mass is 292 g/mol. The van der Waals surface area contributed by atoms with E-state index in [0.29, 0.717) is 24.0 Å². The Hall–Kier alpha value is -0.200. The third-order valence-electron chi connectivity index (χ3n) is 3.54. The molecular weight excluding hydrogens is 268 g/mol. The number of sulfone groups is 1. The summed E-state index contributed by atoms with van der Waals surface area (Å²) in [7, 11) is -2.86. The third-order valence-corrected chi connectivity index (χ3v) is 5.46. The number of hydrogen-bond acceptors (Lipinski definition) is 4. The minimum atomic E-state index is -2.86. The van der Waals surface area contributed by atoms with Gasteiger partial charge in [-0.2, -0.15) is 0 Å². The van der Waals surface area contributed by atoms with Crippen molar-refractivity contribution in [3.63, 3.8) is 0 Å². The van der Waals surface area contributed by atoms with Gasteiger partial charge in [0.25, 0.3) is 0 Å². The van der Waals surface area contributed by atoms with Crippen LogP contribution in [0.15, 0.2) is 0 Å². The van der Waals surface area contributed by atoms with Gasteiger partial charge in [0.2, 0.25) is 0 Å². The zero-order valence-corrected chi connectivity index (χ0v) is 12.7. The molecule has 1 aliphatic carbocycles. The SMILES string of the molecule is CCS(=O)(=O)CCCN(CC(N)=S)C1CCCC1. The molecule has 1 rings (SSSR count). The van der Waals surface area contributed by atoms with E-state index in [4.69, 9.17) is 18.0 Å². The van der Waals surface area contributed by atoms with Crippen LogP contribution in [-0.4, -0.2) is 48.9 Å². The molecule has 1 aliphatic rings. The number of thiocarbonyl (C=S) groups is 1. The van der Waals surface area contributed by atoms with Crippen LogP contribution >= 0.6 is 12.2 Å². The van der Waals surface area contributed by atoms with Gasteiger partial charge in [-0.05, 0) is 25.8 Å². The predicted molar refractivity (Wildman–Crippen MR) is 79.6 cm³/mol. The lowest BCUT2D eigenvalue weighted by Crippen LogP contribution is -2.40. The molecule has 0 bridgehead atoms. The fourth-order valence-corrected chi connectivity index (χ4v) is 3.52. The Morgan fingerprint density at radius 3 is 2.50 bits per heavy atom. The molecule has 0 aromatic carbocycles. The fraction of sp³-hybridized carbons (Fsp3) is 0.917. The molecule has 4 nitrogen and oxygen atoms in total. The first-order valence-corrected chi connectivity index (χ1v) is 8.90. The average molecular weight is 292 g/mol.